The number of nitrogens with one attached hydrogen (secondary N) is 1. The zero-order valence-electron chi connectivity index (χ0n) is 13.2. The van der Waals surface area contributed by atoms with Gasteiger partial charge in [0.15, 0.2) is 5.82 Å². The molecular formula is C18H14ClN3O3. The average Bonchev–Trinajstić information content (AvgIpc) is 2.60. The van der Waals surface area contributed by atoms with Crippen LogP contribution in [0.4, 0.5) is 16.3 Å². The Labute approximate surface area is 148 Å². The summed E-state index contributed by atoms with van der Waals surface area (Å²) in [5.74, 6) is -1.13. The number of hydrogen-bond donors (Lipinski definition) is 2. The highest BCUT2D eigenvalue weighted by Gasteiger charge is 2.21. The van der Waals surface area contributed by atoms with Crippen molar-refractivity contribution < 1.29 is 14.7 Å². The number of benzene rings is 2. The summed E-state index contributed by atoms with van der Waals surface area (Å²) >= 11 is 5.94. The minimum absolute atomic E-state index is 0.0516. The van der Waals surface area contributed by atoms with Gasteiger partial charge in [-0.15, -0.1) is 0 Å². The first-order valence-corrected chi connectivity index (χ1v) is 7.77. The molecule has 0 bridgehead atoms. The lowest BCUT2D eigenvalue weighted by atomic mass is 10.1. The van der Waals surface area contributed by atoms with Crippen LogP contribution in [0.5, 0.6) is 0 Å². The van der Waals surface area contributed by atoms with Crippen molar-refractivity contribution in [2.75, 3.05) is 17.3 Å². The Balaban J connectivity index is 2.00. The van der Waals surface area contributed by atoms with Gasteiger partial charge < -0.3 is 10.4 Å². The fourth-order valence-electron chi connectivity index (χ4n) is 2.38. The fourth-order valence-corrected chi connectivity index (χ4v) is 2.56. The maximum absolute atomic E-state index is 12.4. The first-order chi connectivity index (χ1) is 12.0. The van der Waals surface area contributed by atoms with E-state index in [0.717, 1.165) is 0 Å². The highest BCUT2D eigenvalue weighted by Crippen LogP contribution is 2.26. The van der Waals surface area contributed by atoms with Gasteiger partial charge in [0, 0.05) is 23.1 Å². The number of para-hydroxylation sites is 1. The summed E-state index contributed by atoms with van der Waals surface area (Å²) in [5.41, 5.74) is 1.06. The van der Waals surface area contributed by atoms with Gasteiger partial charge in [-0.05, 0) is 36.4 Å². The minimum atomic E-state index is -1.18. The molecule has 0 saturated heterocycles. The summed E-state index contributed by atoms with van der Waals surface area (Å²) < 4.78 is 0. The number of halogens is 1. The molecule has 0 saturated carbocycles. The van der Waals surface area contributed by atoms with Gasteiger partial charge in [-0.2, -0.15) is 0 Å². The number of rotatable bonds is 3. The summed E-state index contributed by atoms with van der Waals surface area (Å²) in [6.07, 6.45) is 0. The highest BCUT2D eigenvalue weighted by molar-refractivity contribution is 6.31. The van der Waals surface area contributed by atoms with Crippen LogP contribution in [0.1, 0.15) is 10.4 Å². The molecule has 7 heteroatoms. The summed E-state index contributed by atoms with van der Waals surface area (Å²) in [7, 11) is 1.47. The number of aromatic carboxylic acids is 1. The monoisotopic (exact) mass is 355 g/mol. The maximum Gasteiger partial charge on any atom is 0.339 e. The lowest BCUT2D eigenvalue weighted by molar-refractivity contribution is 0.0697. The molecule has 3 rings (SSSR count). The van der Waals surface area contributed by atoms with E-state index in [-0.39, 0.29) is 11.4 Å². The molecule has 0 atom stereocenters. The molecule has 6 nitrogen and oxygen atoms in total. The molecule has 0 unspecified atom stereocenters. The van der Waals surface area contributed by atoms with Crippen molar-refractivity contribution in [3.05, 3.63) is 65.2 Å². The zero-order valence-corrected chi connectivity index (χ0v) is 14.0. The third-order valence-corrected chi connectivity index (χ3v) is 3.87. The second-order valence-corrected chi connectivity index (χ2v) is 5.79. The van der Waals surface area contributed by atoms with Crippen LogP contribution < -0.4 is 10.2 Å². The average molecular weight is 356 g/mol. The molecule has 2 N–H and O–H groups in total. The van der Waals surface area contributed by atoms with E-state index in [2.05, 4.69) is 10.3 Å². The van der Waals surface area contributed by atoms with Gasteiger partial charge >= 0.3 is 12.0 Å². The standard InChI is InChI=1S/C18H14ClN3O3/c1-22(18(25)20-13-5-3-2-4-6-13)16-14(17(23)24)10-11-9-12(19)7-8-15(11)21-16/h2-10H,1H3,(H,20,25)(H,23,24). The number of carbonyl (C=O) groups excluding carboxylic acids is 1. The van der Waals surface area contributed by atoms with Crippen molar-refractivity contribution in [3.8, 4) is 0 Å². The number of fused-ring (bicyclic) bond motifs is 1. The Kier molecular flexibility index (Phi) is 4.54. The largest absolute Gasteiger partial charge is 0.478 e. The third-order valence-electron chi connectivity index (χ3n) is 3.63. The lowest BCUT2D eigenvalue weighted by Gasteiger charge is -2.19. The van der Waals surface area contributed by atoms with Gasteiger partial charge in [-0.1, -0.05) is 29.8 Å². The lowest BCUT2D eigenvalue weighted by Crippen LogP contribution is -2.33. The number of amides is 2. The molecule has 0 radical (unpaired) electrons. The molecule has 126 valence electrons. The molecule has 0 aliphatic rings. The van der Waals surface area contributed by atoms with Gasteiger partial charge in [-0.3, -0.25) is 4.90 Å². The van der Waals surface area contributed by atoms with Crippen molar-refractivity contribution >= 4 is 46.0 Å². The van der Waals surface area contributed by atoms with Crippen LogP contribution in [0.3, 0.4) is 0 Å². The topological polar surface area (TPSA) is 82.5 Å². The van der Waals surface area contributed by atoms with Gasteiger partial charge in [-0.25, -0.2) is 14.6 Å². The zero-order chi connectivity index (χ0) is 18.0. The van der Waals surface area contributed by atoms with E-state index in [0.29, 0.717) is 21.6 Å². The van der Waals surface area contributed by atoms with Crippen molar-refractivity contribution in [3.63, 3.8) is 0 Å². The predicted octanol–water partition coefficient (Wildman–Crippen LogP) is 4.25. The molecule has 3 aromatic rings. The van der Waals surface area contributed by atoms with E-state index in [1.54, 1.807) is 42.5 Å². The quantitative estimate of drug-likeness (QED) is 0.735. The molecular weight excluding hydrogens is 342 g/mol. The van der Waals surface area contributed by atoms with Crippen LogP contribution in [-0.4, -0.2) is 29.1 Å². The molecule has 2 amide bonds. The number of aromatic nitrogens is 1. The van der Waals surface area contributed by atoms with E-state index in [4.69, 9.17) is 11.6 Å². The van der Waals surface area contributed by atoms with E-state index >= 15 is 0 Å². The van der Waals surface area contributed by atoms with Gasteiger partial charge in [0.1, 0.15) is 5.56 Å². The van der Waals surface area contributed by atoms with Crippen molar-refractivity contribution in [2.24, 2.45) is 0 Å². The first-order valence-electron chi connectivity index (χ1n) is 7.39. The molecule has 0 spiro atoms. The Morgan fingerprint density at radius 3 is 2.52 bits per heavy atom. The second-order valence-electron chi connectivity index (χ2n) is 5.36. The number of hydrogen-bond acceptors (Lipinski definition) is 3. The summed E-state index contributed by atoms with van der Waals surface area (Å²) in [4.78, 5) is 29.5. The number of carboxylic acid groups (broad SMARTS) is 1. The van der Waals surface area contributed by atoms with Crippen LogP contribution in [0.25, 0.3) is 10.9 Å². The molecule has 25 heavy (non-hydrogen) atoms. The number of anilines is 2. The molecule has 0 aliphatic heterocycles. The van der Waals surface area contributed by atoms with Crippen LogP contribution in [0.15, 0.2) is 54.6 Å². The number of carboxylic acids is 1. The molecule has 0 fully saturated rings. The minimum Gasteiger partial charge on any atom is -0.478 e. The molecule has 2 aromatic carbocycles. The van der Waals surface area contributed by atoms with Gasteiger partial charge in [0.2, 0.25) is 0 Å². The number of carbonyl (C=O) groups is 2. The van der Waals surface area contributed by atoms with Crippen molar-refractivity contribution in [1.82, 2.24) is 4.98 Å². The predicted molar refractivity (Wildman–Crippen MR) is 97.6 cm³/mol. The number of nitrogens with zero attached hydrogens (tertiary/aromatic N) is 2. The first kappa shape index (κ1) is 16.7. The normalized spacial score (nSPS) is 10.5. The van der Waals surface area contributed by atoms with Crippen molar-refractivity contribution in [2.45, 2.75) is 0 Å². The van der Waals surface area contributed by atoms with Crippen LogP contribution in [0.2, 0.25) is 5.02 Å². The number of pyridine rings is 1. The Morgan fingerprint density at radius 2 is 1.84 bits per heavy atom. The second kappa shape index (κ2) is 6.78. The molecule has 1 aromatic heterocycles. The van der Waals surface area contributed by atoms with E-state index < -0.39 is 12.0 Å². The third kappa shape index (κ3) is 3.54. The van der Waals surface area contributed by atoms with Crippen molar-refractivity contribution in [1.29, 1.82) is 0 Å². The molecule has 1 heterocycles. The SMILES string of the molecule is CN(C(=O)Nc1ccccc1)c1nc2ccc(Cl)cc2cc1C(=O)O. The van der Waals surface area contributed by atoms with Crippen LogP contribution >= 0.6 is 11.6 Å². The fraction of sp³-hybridized carbons (Fsp3) is 0.0556. The maximum atomic E-state index is 12.4. The van der Waals surface area contributed by atoms with E-state index in [1.165, 1.54) is 18.0 Å². The van der Waals surface area contributed by atoms with Crippen LogP contribution in [-0.2, 0) is 0 Å². The number of urea groups is 1. The Morgan fingerprint density at radius 1 is 1.12 bits per heavy atom. The van der Waals surface area contributed by atoms with E-state index in [1.807, 2.05) is 6.07 Å². The summed E-state index contributed by atoms with van der Waals surface area (Å²) in [6, 6.07) is 14.8. The summed E-state index contributed by atoms with van der Waals surface area (Å²) in [5, 5.41) is 13.2. The summed E-state index contributed by atoms with van der Waals surface area (Å²) in [6.45, 7) is 0. The van der Waals surface area contributed by atoms with Gasteiger partial charge in [0.25, 0.3) is 0 Å². The van der Waals surface area contributed by atoms with Crippen LogP contribution in [0, 0.1) is 0 Å². The Bertz CT molecular complexity index is 960. The smallest absolute Gasteiger partial charge is 0.339 e. The Hall–Kier alpha value is -3.12. The highest BCUT2D eigenvalue weighted by atomic mass is 35.5. The van der Waals surface area contributed by atoms with E-state index in [9.17, 15) is 14.7 Å². The van der Waals surface area contributed by atoms with Gasteiger partial charge in [0.05, 0.1) is 5.52 Å². The molecule has 0 aliphatic carbocycles.